The Hall–Kier alpha value is -1.59. The fourth-order valence-electron chi connectivity index (χ4n) is 1.96. The van der Waals surface area contributed by atoms with E-state index < -0.39 is 12.1 Å². The predicted molar refractivity (Wildman–Crippen MR) is 78.3 cm³/mol. The maximum absolute atomic E-state index is 11.8. The zero-order valence-corrected chi connectivity index (χ0v) is 12.0. The molecule has 0 aliphatic rings. The van der Waals surface area contributed by atoms with Crippen LogP contribution in [0.1, 0.15) is 25.8 Å². The van der Waals surface area contributed by atoms with E-state index in [1.165, 1.54) is 0 Å². The smallest absolute Gasteiger partial charge is 0.237 e. The van der Waals surface area contributed by atoms with Gasteiger partial charge in [0, 0.05) is 6.54 Å². The summed E-state index contributed by atoms with van der Waals surface area (Å²) in [7, 11) is 0. The number of phenolic OH excluding ortho intramolecular Hbond substituents is 1. The predicted octanol–water partition coefficient (Wildman–Crippen LogP) is 0.785. The molecule has 5 N–H and O–H groups in total. The Kier molecular flexibility index (Phi) is 6.48. The summed E-state index contributed by atoms with van der Waals surface area (Å²) >= 11 is 0. The molecule has 0 heterocycles. The molecule has 0 aromatic heterocycles. The van der Waals surface area contributed by atoms with E-state index in [0.29, 0.717) is 18.8 Å². The Morgan fingerprint density at radius 3 is 2.45 bits per heavy atom. The summed E-state index contributed by atoms with van der Waals surface area (Å²) in [6, 6.07) is 5.93. The van der Waals surface area contributed by atoms with Gasteiger partial charge in [0.05, 0.1) is 12.1 Å². The number of nitrogens with two attached hydrogens (primary N) is 1. The van der Waals surface area contributed by atoms with Crippen molar-refractivity contribution in [1.29, 1.82) is 0 Å². The lowest BCUT2D eigenvalue weighted by molar-refractivity contribution is -0.122. The van der Waals surface area contributed by atoms with Crippen LogP contribution in [-0.2, 0) is 11.2 Å². The molecule has 1 aromatic rings. The number of amides is 1. The molecular weight excluding hydrogens is 256 g/mol. The van der Waals surface area contributed by atoms with Crippen molar-refractivity contribution in [2.75, 3.05) is 6.54 Å². The van der Waals surface area contributed by atoms with E-state index in [4.69, 9.17) is 5.73 Å². The molecule has 2 atom stereocenters. The van der Waals surface area contributed by atoms with Crippen LogP contribution < -0.4 is 11.1 Å². The fraction of sp³-hybridized carbons (Fsp3) is 0.533. The zero-order valence-electron chi connectivity index (χ0n) is 12.0. The van der Waals surface area contributed by atoms with E-state index in [1.807, 2.05) is 13.8 Å². The quantitative estimate of drug-likeness (QED) is 0.593. The number of benzene rings is 1. The highest BCUT2D eigenvalue weighted by Gasteiger charge is 2.15. The third-order valence-electron chi connectivity index (χ3n) is 2.98. The first kappa shape index (κ1) is 16.5. The normalized spacial score (nSPS) is 14.1. The molecule has 0 bridgehead atoms. The summed E-state index contributed by atoms with van der Waals surface area (Å²) < 4.78 is 0. The molecule has 1 rings (SSSR count). The first-order chi connectivity index (χ1) is 9.38. The Balaban J connectivity index is 2.37. The average molecular weight is 280 g/mol. The molecule has 0 aliphatic carbocycles. The molecule has 1 amide bonds. The molecule has 5 nitrogen and oxygen atoms in total. The highest BCUT2D eigenvalue weighted by Crippen LogP contribution is 2.11. The van der Waals surface area contributed by atoms with Crippen LogP contribution >= 0.6 is 0 Å². The molecule has 0 fully saturated rings. The minimum Gasteiger partial charge on any atom is -0.508 e. The van der Waals surface area contributed by atoms with Gasteiger partial charge in [-0.1, -0.05) is 26.0 Å². The molecule has 0 saturated heterocycles. The Morgan fingerprint density at radius 2 is 1.90 bits per heavy atom. The third kappa shape index (κ3) is 6.04. The molecule has 0 radical (unpaired) electrons. The van der Waals surface area contributed by atoms with E-state index in [0.717, 1.165) is 5.56 Å². The average Bonchev–Trinajstić information content (AvgIpc) is 2.37. The lowest BCUT2D eigenvalue weighted by Crippen LogP contribution is -2.44. The second-order valence-corrected chi connectivity index (χ2v) is 5.51. The zero-order chi connectivity index (χ0) is 15.1. The topological polar surface area (TPSA) is 95.6 Å². The number of carbonyl (C=O) groups excluding carboxylic acids is 1. The van der Waals surface area contributed by atoms with Gasteiger partial charge in [0.25, 0.3) is 0 Å². The second kappa shape index (κ2) is 7.87. The van der Waals surface area contributed by atoms with Crippen molar-refractivity contribution >= 4 is 5.91 Å². The summed E-state index contributed by atoms with van der Waals surface area (Å²) in [5, 5.41) is 21.5. The number of aromatic hydroxyl groups is 1. The number of phenols is 1. The van der Waals surface area contributed by atoms with E-state index in [1.54, 1.807) is 24.3 Å². The third-order valence-corrected chi connectivity index (χ3v) is 2.98. The molecule has 1 aromatic carbocycles. The first-order valence-electron chi connectivity index (χ1n) is 6.87. The number of hydrogen-bond donors (Lipinski definition) is 4. The van der Waals surface area contributed by atoms with Gasteiger partial charge >= 0.3 is 0 Å². The van der Waals surface area contributed by atoms with E-state index in [2.05, 4.69) is 5.32 Å². The van der Waals surface area contributed by atoms with Crippen LogP contribution in [0.2, 0.25) is 0 Å². The van der Waals surface area contributed by atoms with Crippen LogP contribution in [0.5, 0.6) is 5.75 Å². The second-order valence-electron chi connectivity index (χ2n) is 5.51. The van der Waals surface area contributed by atoms with E-state index >= 15 is 0 Å². The van der Waals surface area contributed by atoms with Crippen LogP contribution in [0.3, 0.4) is 0 Å². The summed E-state index contributed by atoms with van der Waals surface area (Å²) in [5.74, 6) is 0.289. The van der Waals surface area contributed by atoms with Crippen LogP contribution in [0.15, 0.2) is 24.3 Å². The van der Waals surface area contributed by atoms with Crippen LogP contribution in [0.4, 0.5) is 0 Å². The largest absolute Gasteiger partial charge is 0.508 e. The Bertz CT molecular complexity index is 418. The van der Waals surface area contributed by atoms with Gasteiger partial charge in [-0.3, -0.25) is 4.79 Å². The maximum Gasteiger partial charge on any atom is 0.237 e. The maximum atomic E-state index is 11.8. The summed E-state index contributed by atoms with van der Waals surface area (Å²) in [6.07, 6.45) is 0.500. The first-order valence-corrected chi connectivity index (χ1v) is 6.87. The summed E-state index contributed by atoms with van der Waals surface area (Å²) in [6.45, 7) is 4.25. The van der Waals surface area contributed by atoms with Crippen molar-refractivity contribution in [3.63, 3.8) is 0 Å². The molecule has 0 saturated carbocycles. The monoisotopic (exact) mass is 280 g/mol. The molecule has 0 spiro atoms. The summed E-state index contributed by atoms with van der Waals surface area (Å²) in [5.41, 5.74) is 6.70. The van der Waals surface area contributed by atoms with Crippen molar-refractivity contribution in [3.05, 3.63) is 29.8 Å². The van der Waals surface area contributed by atoms with Gasteiger partial charge in [-0.2, -0.15) is 0 Å². The molecular formula is C15H24N2O3. The van der Waals surface area contributed by atoms with Gasteiger partial charge in [0.2, 0.25) is 5.91 Å². The van der Waals surface area contributed by atoms with Crippen LogP contribution in [0, 0.1) is 5.92 Å². The van der Waals surface area contributed by atoms with Gasteiger partial charge in [0.15, 0.2) is 0 Å². The van der Waals surface area contributed by atoms with E-state index in [-0.39, 0.29) is 18.2 Å². The van der Waals surface area contributed by atoms with Crippen molar-refractivity contribution in [2.24, 2.45) is 11.7 Å². The van der Waals surface area contributed by atoms with Gasteiger partial charge < -0.3 is 21.3 Å². The molecule has 112 valence electrons. The number of carbonyl (C=O) groups is 1. The number of aliphatic hydroxyl groups excluding tert-OH is 1. The molecule has 5 heteroatoms. The van der Waals surface area contributed by atoms with Crippen LogP contribution in [-0.4, -0.2) is 34.8 Å². The lowest BCUT2D eigenvalue weighted by Gasteiger charge is -2.16. The summed E-state index contributed by atoms with van der Waals surface area (Å²) in [4.78, 5) is 11.8. The molecule has 20 heavy (non-hydrogen) atoms. The fourth-order valence-corrected chi connectivity index (χ4v) is 1.96. The lowest BCUT2D eigenvalue weighted by atomic mass is 10.0. The minimum absolute atomic E-state index is 0.184. The molecule has 0 aliphatic heterocycles. The van der Waals surface area contributed by atoms with Gasteiger partial charge in [-0.15, -0.1) is 0 Å². The van der Waals surface area contributed by atoms with Crippen molar-refractivity contribution in [1.82, 2.24) is 5.32 Å². The Morgan fingerprint density at radius 1 is 1.30 bits per heavy atom. The number of nitrogens with one attached hydrogen (secondary N) is 1. The van der Waals surface area contributed by atoms with Gasteiger partial charge in [-0.05, 0) is 36.5 Å². The van der Waals surface area contributed by atoms with Crippen molar-refractivity contribution < 1.29 is 15.0 Å². The standard InChI is InChI=1S/C15H24N2O3/c1-10(2)7-13(19)9-17-15(20)14(16)8-11-3-5-12(18)6-4-11/h3-6,10,13-14,18-19H,7-9,16H2,1-2H3,(H,17,20). The Labute approximate surface area is 119 Å². The number of hydrogen-bond acceptors (Lipinski definition) is 4. The number of aliphatic hydroxyl groups is 1. The van der Waals surface area contributed by atoms with Crippen LogP contribution in [0.25, 0.3) is 0 Å². The van der Waals surface area contributed by atoms with Crippen molar-refractivity contribution in [3.8, 4) is 5.75 Å². The van der Waals surface area contributed by atoms with Gasteiger partial charge in [-0.25, -0.2) is 0 Å². The van der Waals surface area contributed by atoms with Gasteiger partial charge in [0.1, 0.15) is 5.75 Å². The SMILES string of the molecule is CC(C)CC(O)CNC(=O)C(N)Cc1ccc(O)cc1. The molecule has 2 unspecified atom stereocenters. The highest BCUT2D eigenvalue weighted by atomic mass is 16.3. The number of rotatable bonds is 7. The van der Waals surface area contributed by atoms with E-state index in [9.17, 15) is 15.0 Å². The highest BCUT2D eigenvalue weighted by molar-refractivity contribution is 5.81. The minimum atomic E-state index is -0.661. The van der Waals surface area contributed by atoms with Crippen molar-refractivity contribution in [2.45, 2.75) is 38.8 Å².